The largest absolute Gasteiger partial charge is 0.455 e. The van der Waals surface area contributed by atoms with Crippen molar-refractivity contribution in [3.05, 3.63) is 72.0 Å². The smallest absolute Gasteiger partial charge is 0.254 e. The molecule has 0 aliphatic carbocycles. The van der Waals surface area contributed by atoms with Gasteiger partial charge in [0.2, 0.25) is 0 Å². The average molecular weight is 335 g/mol. The number of furan rings is 1. The lowest BCUT2D eigenvalue weighted by molar-refractivity contribution is -0.120. The van der Waals surface area contributed by atoms with Gasteiger partial charge in [-0.1, -0.05) is 48.5 Å². The van der Waals surface area contributed by atoms with Gasteiger partial charge in [-0.25, -0.2) is 5.43 Å². The average Bonchev–Trinajstić information content (AvgIpc) is 3.03. The number of nitrogens with one attached hydrogen (secondary N) is 2. The summed E-state index contributed by atoms with van der Waals surface area (Å²) in [5.41, 5.74) is 4.54. The summed E-state index contributed by atoms with van der Waals surface area (Å²) in [6.07, 6.45) is 2.38. The fourth-order valence-corrected chi connectivity index (χ4v) is 2.58. The van der Waals surface area contributed by atoms with E-state index in [0.29, 0.717) is 5.76 Å². The monoisotopic (exact) mass is 335 g/mol. The quantitative estimate of drug-likeness (QED) is 0.515. The Morgan fingerprint density at radius 2 is 1.92 bits per heavy atom. The molecule has 5 heteroatoms. The molecule has 2 aromatic carbocycles. The summed E-state index contributed by atoms with van der Waals surface area (Å²) in [4.78, 5) is 11.8. The SMILES string of the molecule is CC(Cc1ccccc1)NCC(=O)N/N=C/c1cc2ccccc2o1. The molecular formula is C20H21N3O2. The van der Waals surface area contributed by atoms with Crippen molar-refractivity contribution in [2.24, 2.45) is 5.10 Å². The van der Waals surface area contributed by atoms with Gasteiger partial charge in [0.1, 0.15) is 11.3 Å². The lowest BCUT2D eigenvalue weighted by atomic mass is 10.1. The highest BCUT2D eigenvalue weighted by Gasteiger charge is 2.06. The highest BCUT2D eigenvalue weighted by atomic mass is 16.3. The molecule has 0 fully saturated rings. The molecule has 0 aliphatic heterocycles. The third kappa shape index (κ3) is 5.02. The first kappa shape index (κ1) is 16.9. The summed E-state index contributed by atoms with van der Waals surface area (Å²) in [7, 11) is 0. The molecule has 128 valence electrons. The van der Waals surface area contributed by atoms with Gasteiger partial charge in [-0.05, 0) is 31.0 Å². The Hall–Kier alpha value is -2.92. The minimum absolute atomic E-state index is 0.188. The zero-order chi connectivity index (χ0) is 17.5. The predicted octanol–water partition coefficient (Wildman–Crippen LogP) is 3.10. The molecule has 1 heterocycles. The van der Waals surface area contributed by atoms with Gasteiger partial charge in [0.15, 0.2) is 0 Å². The molecule has 1 aromatic heterocycles. The molecule has 3 aromatic rings. The molecule has 3 rings (SSSR count). The highest BCUT2D eigenvalue weighted by Crippen LogP contribution is 2.17. The van der Waals surface area contributed by atoms with Crippen molar-refractivity contribution in [2.75, 3.05) is 6.54 Å². The van der Waals surface area contributed by atoms with Crippen LogP contribution in [0.2, 0.25) is 0 Å². The second-order valence-electron chi connectivity index (χ2n) is 5.95. The van der Waals surface area contributed by atoms with E-state index in [1.165, 1.54) is 11.8 Å². The highest BCUT2D eigenvalue weighted by molar-refractivity contribution is 5.87. The summed E-state index contributed by atoms with van der Waals surface area (Å²) in [5, 5.41) is 8.14. The van der Waals surface area contributed by atoms with Gasteiger partial charge in [0.25, 0.3) is 5.91 Å². The van der Waals surface area contributed by atoms with E-state index in [1.54, 1.807) is 0 Å². The third-order valence-electron chi connectivity index (χ3n) is 3.82. The van der Waals surface area contributed by atoms with Crippen LogP contribution in [0.4, 0.5) is 0 Å². The van der Waals surface area contributed by atoms with Crippen LogP contribution in [0.5, 0.6) is 0 Å². The zero-order valence-corrected chi connectivity index (χ0v) is 14.1. The first-order valence-corrected chi connectivity index (χ1v) is 8.28. The number of benzene rings is 2. The van der Waals surface area contributed by atoms with Gasteiger partial charge in [0.05, 0.1) is 12.8 Å². The lowest BCUT2D eigenvalue weighted by Gasteiger charge is -2.12. The fraction of sp³-hybridized carbons (Fsp3) is 0.200. The van der Waals surface area contributed by atoms with Crippen molar-refractivity contribution in [1.29, 1.82) is 0 Å². The van der Waals surface area contributed by atoms with Crippen molar-refractivity contribution in [3.63, 3.8) is 0 Å². The molecule has 0 spiro atoms. The maximum absolute atomic E-state index is 11.8. The lowest BCUT2D eigenvalue weighted by Crippen LogP contribution is -2.37. The number of para-hydroxylation sites is 1. The van der Waals surface area contributed by atoms with Crippen molar-refractivity contribution < 1.29 is 9.21 Å². The fourth-order valence-electron chi connectivity index (χ4n) is 2.58. The maximum Gasteiger partial charge on any atom is 0.254 e. The van der Waals surface area contributed by atoms with Crippen LogP contribution in [-0.4, -0.2) is 24.7 Å². The maximum atomic E-state index is 11.8. The Balaban J connectivity index is 1.43. The van der Waals surface area contributed by atoms with Crippen molar-refractivity contribution in [1.82, 2.24) is 10.7 Å². The van der Waals surface area contributed by atoms with Crippen molar-refractivity contribution in [2.45, 2.75) is 19.4 Å². The van der Waals surface area contributed by atoms with Gasteiger partial charge in [0, 0.05) is 11.4 Å². The van der Waals surface area contributed by atoms with E-state index in [0.717, 1.165) is 17.4 Å². The van der Waals surface area contributed by atoms with Crippen LogP contribution < -0.4 is 10.7 Å². The summed E-state index contributed by atoms with van der Waals surface area (Å²) in [6.45, 7) is 2.27. The first-order chi connectivity index (χ1) is 12.2. The van der Waals surface area contributed by atoms with Crippen LogP contribution in [0.3, 0.4) is 0 Å². The van der Waals surface area contributed by atoms with Gasteiger partial charge >= 0.3 is 0 Å². The summed E-state index contributed by atoms with van der Waals surface area (Å²) < 4.78 is 5.60. The molecule has 0 saturated carbocycles. The van der Waals surface area contributed by atoms with Crippen molar-refractivity contribution >= 4 is 23.1 Å². The topological polar surface area (TPSA) is 66.6 Å². The third-order valence-corrected chi connectivity index (χ3v) is 3.82. The minimum atomic E-state index is -0.188. The predicted molar refractivity (Wildman–Crippen MR) is 99.6 cm³/mol. The van der Waals surface area contributed by atoms with Crippen LogP contribution >= 0.6 is 0 Å². The molecule has 1 amide bonds. The Bertz CT molecular complexity index is 823. The molecule has 25 heavy (non-hydrogen) atoms. The Morgan fingerprint density at radius 3 is 2.72 bits per heavy atom. The van der Waals surface area contributed by atoms with Gasteiger partial charge < -0.3 is 9.73 Å². The molecule has 0 aliphatic rings. The van der Waals surface area contributed by atoms with Crippen LogP contribution in [0.15, 0.2) is 70.2 Å². The van der Waals surface area contributed by atoms with E-state index < -0.39 is 0 Å². The second-order valence-corrected chi connectivity index (χ2v) is 5.95. The number of nitrogens with zero attached hydrogens (tertiary/aromatic N) is 1. The summed E-state index contributed by atoms with van der Waals surface area (Å²) in [6, 6.07) is 20.0. The van der Waals surface area contributed by atoms with Crippen LogP contribution in [0.25, 0.3) is 11.0 Å². The number of hydrogen-bond acceptors (Lipinski definition) is 4. The van der Waals surface area contributed by atoms with E-state index >= 15 is 0 Å². The van der Waals surface area contributed by atoms with Gasteiger partial charge in [-0.15, -0.1) is 0 Å². The number of carbonyl (C=O) groups excluding carboxylic acids is 1. The van der Waals surface area contributed by atoms with Crippen LogP contribution in [-0.2, 0) is 11.2 Å². The number of amides is 1. The van der Waals surface area contributed by atoms with Crippen LogP contribution in [0.1, 0.15) is 18.2 Å². The Kier molecular flexibility index (Phi) is 5.59. The second kappa shape index (κ2) is 8.26. The molecule has 1 unspecified atom stereocenters. The van der Waals surface area contributed by atoms with Gasteiger partial charge in [-0.3, -0.25) is 4.79 Å². The Morgan fingerprint density at radius 1 is 1.16 bits per heavy atom. The molecule has 5 nitrogen and oxygen atoms in total. The summed E-state index contributed by atoms with van der Waals surface area (Å²) in [5.74, 6) is 0.416. The number of carbonyl (C=O) groups is 1. The van der Waals surface area contributed by atoms with E-state index in [9.17, 15) is 4.79 Å². The van der Waals surface area contributed by atoms with E-state index in [-0.39, 0.29) is 18.5 Å². The molecule has 1 atom stereocenters. The molecule has 0 radical (unpaired) electrons. The molecule has 0 saturated heterocycles. The molecule has 0 bridgehead atoms. The number of rotatable bonds is 7. The molecular weight excluding hydrogens is 314 g/mol. The molecule has 2 N–H and O–H groups in total. The number of hydrogen-bond donors (Lipinski definition) is 2. The van der Waals surface area contributed by atoms with E-state index in [1.807, 2.05) is 48.5 Å². The van der Waals surface area contributed by atoms with E-state index in [4.69, 9.17) is 4.42 Å². The number of hydrazone groups is 1. The van der Waals surface area contributed by atoms with E-state index in [2.05, 4.69) is 34.9 Å². The van der Waals surface area contributed by atoms with Crippen LogP contribution in [0, 0.1) is 0 Å². The normalized spacial score (nSPS) is 12.5. The van der Waals surface area contributed by atoms with Crippen molar-refractivity contribution in [3.8, 4) is 0 Å². The first-order valence-electron chi connectivity index (χ1n) is 8.28. The standard InChI is InChI=1S/C20H21N3O2/c1-15(11-16-7-3-2-4-8-16)21-14-20(24)23-22-13-18-12-17-9-5-6-10-19(17)25-18/h2-10,12-13,15,21H,11,14H2,1H3,(H,23,24)/b22-13+. The zero-order valence-electron chi connectivity index (χ0n) is 14.1. The summed E-state index contributed by atoms with van der Waals surface area (Å²) >= 11 is 0. The van der Waals surface area contributed by atoms with Gasteiger partial charge in [-0.2, -0.15) is 5.10 Å². The Labute approximate surface area is 146 Å². The number of fused-ring (bicyclic) bond motifs is 1. The minimum Gasteiger partial charge on any atom is -0.455 e.